The fourth-order valence-corrected chi connectivity index (χ4v) is 2.83. The monoisotopic (exact) mass is 369 g/mol. The van der Waals surface area contributed by atoms with E-state index < -0.39 is 5.97 Å². The van der Waals surface area contributed by atoms with Crippen LogP contribution in [0.2, 0.25) is 0 Å². The first kappa shape index (κ1) is 20.6. The number of ether oxygens (including phenoxy) is 1. The highest BCUT2D eigenvalue weighted by atomic mass is 16.5. The van der Waals surface area contributed by atoms with E-state index in [1.54, 1.807) is 0 Å². The topological polar surface area (TPSA) is 89.6 Å². The molecule has 5 nitrogen and oxygen atoms in total. The van der Waals surface area contributed by atoms with Crippen LogP contribution in [0, 0.1) is 5.92 Å². The number of amides is 1. The molecule has 0 bridgehead atoms. The largest absolute Gasteiger partial charge is 0.481 e. The van der Waals surface area contributed by atoms with Gasteiger partial charge in [-0.15, -0.1) is 0 Å². The van der Waals surface area contributed by atoms with Gasteiger partial charge in [0.15, 0.2) is 0 Å². The van der Waals surface area contributed by atoms with Gasteiger partial charge in [-0.25, -0.2) is 0 Å². The summed E-state index contributed by atoms with van der Waals surface area (Å²) < 4.78 is 5.91. The molecule has 2 aromatic rings. The maximum absolute atomic E-state index is 10.9. The fourth-order valence-electron chi connectivity index (χ4n) is 2.83. The quantitative estimate of drug-likeness (QED) is 0.667. The second-order valence-electron chi connectivity index (χ2n) is 6.97. The van der Waals surface area contributed by atoms with Gasteiger partial charge >= 0.3 is 5.97 Å². The molecule has 0 radical (unpaired) electrons. The molecule has 0 fully saturated rings. The molecule has 144 valence electrons. The molecule has 0 aromatic heterocycles. The van der Waals surface area contributed by atoms with E-state index in [1.807, 2.05) is 55.5 Å². The zero-order valence-electron chi connectivity index (χ0n) is 15.9. The average Bonchev–Trinajstić information content (AvgIpc) is 2.64. The van der Waals surface area contributed by atoms with Gasteiger partial charge in [-0.1, -0.05) is 55.5 Å². The van der Waals surface area contributed by atoms with Crippen LogP contribution >= 0.6 is 0 Å². The molecule has 0 aliphatic rings. The Balaban J connectivity index is 1.93. The van der Waals surface area contributed by atoms with Crippen LogP contribution in [0.25, 0.3) is 11.1 Å². The van der Waals surface area contributed by atoms with E-state index in [2.05, 4.69) is 6.92 Å². The Kier molecular flexibility index (Phi) is 7.55. The Labute approximate surface area is 160 Å². The highest BCUT2D eigenvalue weighted by molar-refractivity contribution is 5.73. The Hall–Kier alpha value is -2.66. The predicted molar refractivity (Wildman–Crippen MR) is 105 cm³/mol. The molecular weight excluding hydrogens is 342 g/mol. The molecule has 0 saturated heterocycles. The first-order valence-electron chi connectivity index (χ1n) is 9.15. The van der Waals surface area contributed by atoms with Gasteiger partial charge < -0.3 is 15.6 Å². The second-order valence-corrected chi connectivity index (χ2v) is 6.97. The van der Waals surface area contributed by atoms with E-state index >= 15 is 0 Å². The van der Waals surface area contributed by atoms with Gasteiger partial charge in [-0.3, -0.25) is 9.59 Å². The number of rotatable bonds is 10. The summed E-state index contributed by atoms with van der Waals surface area (Å²) in [5.74, 6) is -0.857. The number of carboxylic acid groups (broad SMARTS) is 1. The first-order valence-corrected chi connectivity index (χ1v) is 9.15. The molecular formula is C22H27NO4. The maximum atomic E-state index is 10.9. The normalized spacial score (nSPS) is 13.1. The third kappa shape index (κ3) is 6.87. The predicted octanol–water partition coefficient (Wildman–Crippen LogP) is 3.79. The summed E-state index contributed by atoms with van der Waals surface area (Å²) in [6.45, 7) is 4.57. The third-order valence-corrected chi connectivity index (χ3v) is 4.73. The highest BCUT2D eigenvalue weighted by Gasteiger charge is 2.14. The molecule has 1 amide bonds. The lowest BCUT2D eigenvalue weighted by atomic mass is 9.99. The number of benzene rings is 2. The minimum absolute atomic E-state index is 0.0194. The molecule has 5 heteroatoms. The van der Waals surface area contributed by atoms with Crippen LogP contribution in [0.5, 0.6) is 0 Å². The lowest BCUT2D eigenvalue weighted by Gasteiger charge is -2.20. The summed E-state index contributed by atoms with van der Waals surface area (Å²) in [5, 5.41) is 8.93. The van der Waals surface area contributed by atoms with E-state index in [4.69, 9.17) is 15.6 Å². The molecule has 27 heavy (non-hydrogen) atoms. The van der Waals surface area contributed by atoms with E-state index in [0.717, 1.165) is 28.7 Å². The molecule has 2 atom stereocenters. The number of nitrogens with two attached hydrogens (primary N) is 1. The van der Waals surface area contributed by atoms with Crippen molar-refractivity contribution in [3.63, 3.8) is 0 Å². The summed E-state index contributed by atoms with van der Waals surface area (Å²) >= 11 is 0. The van der Waals surface area contributed by atoms with Gasteiger partial charge in [0, 0.05) is 6.42 Å². The molecule has 0 saturated carbocycles. The van der Waals surface area contributed by atoms with Gasteiger partial charge in [-0.2, -0.15) is 0 Å². The summed E-state index contributed by atoms with van der Waals surface area (Å²) in [6, 6.07) is 15.6. The molecule has 0 aliphatic carbocycles. The summed E-state index contributed by atoms with van der Waals surface area (Å²) in [5.41, 5.74) is 9.07. The summed E-state index contributed by atoms with van der Waals surface area (Å²) in [6.07, 6.45) is 1.16. The molecule has 0 heterocycles. The number of aliphatic carboxylic acids is 1. The molecule has 3 N–H and O–H groups in total. The van der Waals surface area contributed by atoms with Crippen molar-refractivity contribution in [2.75, 3.05) is 0 Å². The van der Waals surface area contributed by atoms with Crippen molar-refractivity contribution in [1.82, 2.24) is 0 Å². The highest BCUT2D eigenvalue weighted by Crippen LogP contribution is 2.22. The van der Waals surface area contributed by atoms with Crippen molar-refractivity contribution in [2.45, 2.75) is 45.8 Å². The van der Waals surface area contributed by atoms with Gasteiger partial charge in [0.2, 0.25) is 5.91 Å². The third-order valence-electron chi connectivity index (χ3n) is 4.73. The van der Waals surface area contributed by atoms with E-state index in [-0.39, 0.29) is 24.3 Å². The SMILES string of the molecule is C[C@@H](CCC(N)=O)[C@@H](C)OCc1ccc(-c2cccc(CC(=O)O)c2)cc1. The van der Waals surface area contributed by atoms with Crippen molar-refractivity contribution in [3.8, 4) is 11.1 Å². The van der Waals surface area contributed by atoms with Gasteiger partial charge in [0.05, 0.1) is 19.1 Å². The second kappa shape index (κ2) is 9.88. The van der Waals surface area contributed by atoms with Crippen molar-refractivity contribution >= 4 is 11.9 Å². The lowest BCUT2D eigenvalue weighted by molar-refractivity contribution is -0.136. The van der Waals surface area contributed by atoms with Crippen LogP contribution in [0.3, 0.4) is 0 Å². The zero-order chi connectivity index (χ0) is 19.8. The van der Waals surface area contributed by atoms with Crippen molar-refractivity contribution < 1.29 is 19.4 Å². The number of carbonyl (C=O) groups excluding carboxylic acids is 1. The van der Waals surface area contributed by atoms with Gasteiger partial charge in [-0.05, 0) is 41.5 Å². The van der Waals surface area contributed by atoms with Gasteiger partial charge in [0.25, 0.3) is 0 Å². The average molecular weight is 369 g/mol. The first-order chi connectivity index (χ1) is 12.8. The van der Waals surface area contributed by atoms with E-state index in [0.29, 0.717) is 13.0 Å². The number of carbonyl (C=O) groups is 2. The number of hydrogen-bond acceptors (Lipinski definition) is 3. The van der Waals surface area contributed by atoms with Crippen molar-refractivity contribution in [3.05, 3.63) is 59.7 Å². The smallest absolute Gasteiger partial charge is 0.307 e. The number of carboxylic acids is 1. The minimum Gasteiger partial charge on any atom is -0.481 e. The zero-order valence-corrected chi connectivity index (χ0v) is 15.9. The van der Waals surface area contributed by atoms with Crippen LogP contribution < -0.4 is 5.73 Å². The standard InChI is InChI=1S/C22H27NO4/c1-15(6-11-21(23)24)16(2)27-14-17-7-9-19(10-8-17)20-5-3-4-18(12-20)13-22(25)26/h3-5,7-10,12,15-16H,6,11,13-14H2,1-2H3,(H2,23,24)(H,25,26)/t15-,16+/m0/s1. The van der Waals surface area contributed by atoms with Crippen molar-refractivity contribution in [1.29, 1.82) is 0 Å². The minimum atomic E-state index is -0.834. The molecule has 0 unspecified atom stereocenters. The Morgan fingerprint density at radius 1 is 1.04 bits per heavy atom. The summed E-state index contributed by atoms with van der Waals surface area (Å²) in [7, 11) is 0. The maximum Gasteiger partial charge on any atom is 0.307 e. The van der Waals surface area contributed by atoms with Gasteiger partial charge in [0.1, 0.15) is 0 Å². The van der Waals surface area contributed by atoms with Crippen LogP contribution in [0.15, 0.2) is 48.5 Å². The Morgan fingerprint density at radius 2 is 1.74 bits per heavy atom. The van der Waals surface area contributed by atoms with Crippen molar-refractivity contribution in [2.24, 2.45) is 11.7 Å². The van der Waals surface area contributed by atoms with Crippen LogP contribution in [0.1, 0.15) is 37.8 Å². The molecule has 2 aromatic carbocycles. The van der Waals surface area contributed by atoms with E-state index in [9.17, 15) is 9.59 Å². The number of hydrogen-bond donors (Lipinski definition) is 2. The molecule has 0 aliphatic heterocycles. The Bertz CT molecular complexity index is 770. The Morgan fingerprint density at radius 3 is 2.37 bits per heavy atom. The fraction of sp³-hybridized carbons (Fsp3) is 0.364. The lowest BCUT2D eigenvalue weighted by Crippen LogP contribution is -2.20. The van der Waals surface area contributed by atoms with E-state index in [1.165, 1.54) is 0 Å². The molecule has 0 spiro atoms. The van der Waals surface area contributed by atoms with Crippen LogP contribution in [0.4, 0.5) is 0 Å². The summed E-state index contributed by atoms with van der Waals surface area (Å²) in [4.78, 5) is 21.8. The van der Waals surface area contributed by atoms with Crippen LogP contribution in [-0.2, 0) is 27.4 Å². The van der Waals surface area contributed by atoms with Crippen LogP contribution in [-0.4, -0.2) is 23.1 Å². The molecule has 2 rings (SSSR count). The number of primary amides is 1.